The molecule has 1 aliphatic rings. The Morgan fingerprint density at radius 1 is 0.949 bits per heavy atom. The van der Waals surface area contributed by atoms with Crippen molar-refractivity contribution in [3.8, 4) is 11.1 Å². The predicted octanol–water partition coefficient (Wildman–Crippen LogP) is 4.59. The van der Waals surface area contributed by atoms with Gasteiger partial charge in [0, 0.05) is 19.5 Å². The fourth-order valence-corrected chi connectivity index (χ4v) is 6.36. The van der Waals surface area contributed by atoms with Gasteiger partial charge in [0.15, 0.2) is 0 Å². The van der Waals surface area contributed by atoms with Gasteiger partial charge in [-0.25, -0.2) is 13.2 Å². The number of carboxylic acid groups (broad SMARTS) is 1. The molecule has 0 radical (unpaired) electrons. The smallest absolute Gasteiger partial charge is 0.417 e. The average Bonchev–Trinajstić information content (AvgIpc) is 2.93. The number of sulfonamides is 1. The van der Waals surface area contributed by atoms with E-state index in [9.17, 15) is 36.3 Å². The minimum Gasteiger partial charge on any atom is -0.480 e. The monoisotopic (exact) mass is 560 g/mol. The first-order chi connectivity index (χ1) is 18.5. The molecule has 39 heavy (non-hydrogen) atoms. The summed E-state index contributed by atoms with van der Waals surface area (Å²) < 4.78 is 67.5. The van der Waals surface area contributed by atoms with E-state index in [4.69, 9.17) is 0 Å². The van der Waals surface area contributed by atoms with Crippen LogP contribution in [0.15, 0.2) is 83.8 Å². The summed E-state index contributed by atoms with van der Waals surface area (Å²) in [6, 6.07) is 19.5. The normalized spacial score (nSPS) is 17.4. The minimum absolute atomic E-state index is 0.00380. The number of amides is 1. The van der Waals surface area contributed by atoms with Crippen LogP contribution in [0.2, 0.25) is 0 Å². The quantitative estimate of drug-likeness (QED) is 0.420. The van der Waals surface area contributed by atoms with Crippen molar-refractivity contribution in [2.75, 3.05) is 13.1 Å². The molecule has 3 aromatic rings. The summed E-state index contributed by atoms with van der Waals surface area (Å²) in [4.78, 5) is 24.1. The van der Waals surface area contributed by atoms with Gasteiger partial charge in [-0.3, -0.25) is 4.79 Å². The number of hydrogen-bond acceptors (Lipinski definition) is 4. The molecule has 1 heterocycles. The van der Waals surface area contributed by atoms with Gasteiger partial charge in [0.2, 0.25) is 15.9 Å². The zero-order valence-electron chi connectivity index (χ0n) is 20.8. The standard InChI is InChI=1S/C28H27F3N2O5S/c29-28(30,31)23-10-4-5-11-25(23)39(37,38)33-16-6-9-22(18-33)26(34)32-24(27(35)36)17-19-12-14-21(15-13-19)20-7-2-1-3-8-20/h1-5,7-8,10-15,22,24H,6,9,16-18H2,(H,32,34)(H,35,36)/t22?,24-/m0/s1. The van der Waals surface area contributed by atoms with Gasteiger partial charge >= 0.3 is 12.1 Å². The van der Waals surface area contributed by atoms with Crippen molar-refractivity contribution < 1.29 is 36.3 Å². The molecule has 11 heteroatoms. The Hall–Kier alpha value is -3.70. The highest BCUT2D eigenvalue weighted by atomic mass is 32.2. The number of hydrogen-bond donors (Lipinski definition) is 2. The van der Waals surface area contributed by atoms with Crippen LogP contribution in [0.25, 0.3) is 11.1 Å². The molecule has 0 aromatic heterocycles. The Labute approximate surface area is 224 Å². The molecule has 0 aliphatic carbocycles. The molecular formula is C28H27F3N2O5S. The van der Waals surface area contributed by atoms with Crippen LogP contribution in [0, 0.1) is 5.92 Å². The van der Waals surface area contributed by atoms with E-state index in [0.29, 0.717) is 11.6 Å². The van der Waals surface area contributed by atoms with Crippen LogP contribution in [0.4, 0.5) is 13.2 Å². The fraction of sp³-hybridized carbons (Fsp3) is 0.286. The maximum absolute atomic E-state index is 13.5. The van der Waals surface area contributed by atoms with Crippen molar-refractivity contribution >= 4 is 21.9 Å². The number of nitrogens with zero attached hydrogens (tertiary/aromatic N) is 1. The number of alkyl halides is 3. The number of rotatable bonds is 8. The number of halogens is 3. The van der Waals surface area contributed by atoms with E-state index < -0.39 is 50.5 Å². The lowest BCUT2D eigenvalue weighted by atomic mass is 9.97. The fourth-order valence-electron chi connectivity index (χ4n) is 4.63. The second kappa shape index (κ2) is 11.6. The van der Waals surface area contributed by atoms with Gasteiger partial charge in [0.1, 0.15) is 6.04 Å². The SMILES string of the molecule is O=C(N[C@@H](Cc1ccc(-c2ccccc2)cc1)C(=O)O)C1CCCN(S(=O)(=O)c2ccccc2C(F)(F)F)C1. The highest BCUT2D eigenvalue weighted by Gasteiger charge is 2.41. The zero-order valence-corrected chi connectivity index (χ0v) is 21.6. The second-order valence-electron chi connectivity index (χ2n) is 9.36. The molecule has 2 atom stereocenters. The van der Waals surface area contributed by atoms with Gasteiger partial charge in [-0.2, -0.15) is 17.5 Å². The van der Waals surface area contributed by atoms with Crippen molar-refractivity contribution in [1.82, 2.24) is 9.62 Å². The maximum atomic E-state index is 13.5. The largest absolute Gasteiger partial charge is 0.480 e. The highest BCUT2D eigenvalue weighted by Crippen LogP contribution is 2.36. The van der Waals surface area contributed by atoms with Crippen LogP contribution < -0.4 is 5.32 Å². The summed E-state index contributed by atoms with van der Waals surface area (Å²) in [6.07, 6.45) is -4.35. The van der Waals surface area contributed by atoms with Crippen molar-refractivity contribution in [2.45, 2.75) is 36.4 Å². The zero-order chi connectivity index (χ0) is 28.2. The van der Waals surface area contributed by atoms with E-state index in [1.54, 1.807) is 12.1 Å². The van der Waals surface area contributed by atoms with Gasteiger partial charge in [-0.05, 0) is 41.7 Å². The van der Waals surface area contributed by atoms with Crippen LogP contribution in [0.1, 0.15) is 24.0 Å². The third-order valence-electron chi connectivity index (χ3n) is 6.68. The van der Waals surface area contributed by atoms with Gasteiger partial charge in [-0.1, -0.05) is 66.7 Å². The Bertz CT molecular complexity index is 1430. The third-order valence-corrected chi connectivity index (χ3v) is 8.60. The van der Waals surface area contributed by atoms with Gasteiger partial charge in [0.25, 0.3) is 0 Å². The lowest BCUT2D eigenvalue weighted by molar-refractivity contribution is -0.142. The predicted molar refractivity (Wildman–Crippen MR) is 138 cm³/mol. The first kappa shape index (κ1) is 28.3. The molecule has 4 rings (SSSR count). The molecule has 1 saturated heterocycles. The third kappa shape index (κ3) is 6.66. The minimum atomic E-state index is -4.87. The number of carbonyl (C=O) groups is 2. The van der Waals surface area contributed by atoms with E-state index in [-0.39, 0.29) is 32.4 Å². The van der Waals surface area contributed by atoms with Crippen molar-refractivity contribution in [3.63, 3.8) is 0 Å². The van der Waals surface area contributed by atoms with Crippen LogP contribution in [0.3, 0.4) is 0 Å². The van der Waals surface area contributed by atoms with Gasteiger partial charge < -0.3 is 10.4 Å². The number of carbonyl (C=O) groups excluding carboxylic acids is 1. The molecule has 0 saturated carbocycles. The maximum Gasteiger partial charge on any atom is 0.417 e. The summed E-state index contributed by atoms with van der Waals surface area (Å²) in [5.74, 6) is -2.82. The molecule has 7 nitrogen and oxygen atoms in total. The van der Waals surface area contributed by atoms with Gasteiger partial charge in [0.05, 0.1) is 16.4 Å². The van der Waals surface area contributed by atoms with Crippen molar-refractivity contribution in [3.05, 3.63) is 90.0 Å². The van der Waals surface area contributed by atoms with E-state index >= 15 is 0 Å². The average molecular weight is 561 g/mol. The number of piperidine rings is 1. The molecule has 2 N–H and O–H groups in total. The lowest BCUT2D eigenvalue weighted by Crippen LogP contribution is -2.50. The molecule has 1 aliphatic heterocycles. The van der Waals surface area contributed by atoms with E-state index in [1.807, 2.05) is 42.5 Å². The molecule has 1 fully saturated rings. The Morgan fingerprint density at radius 3 is 2.21 bits per heavy atom. The summed E-state index contributed by atoms with van der Waals surface area (Å²) in [5.41, 5.74) is 1.35. The summed E-state index contributed by atoms with van der Waals surface area (Å²) >= 11 is 0. The lowest BCUT2D eigenvalue weighted by Gasteiger charge is -2.32. The van der Waals surface area contributed by atoms with Crippen LogP contribution in [-0.4, -0.2) is 48.8 Å². The number of aliphatic carboxylic acids is 1. The molecule has 0 bridgehead atoms. The molecule has 206 valence electrons. The second-order valence-corrected chi connectivity index (χ2v) is 11.3. The number of benzene rings is 3. The summed E-state index contributed by atoms with van der Waals surface area (Å²) in [7, 11) is -4.55. The van der Waals surface area contributed by atoms with E-state index in [2.05, 4.69) is 5.32 Å². The first-order valence-corrected chi connectivity index (χ1v) is 13.7. The number of carboxylic acids is 1. The molecule has 0 spiro atoms. The summed E-state index contributed by atoms with van der Waals surface area (Å²) in [6.45, 7) is -0.396. The molecule has 3 aromatic carbocycles. The molecular weight excluding hydrogens is 533 g/mol. The Balaban J connectivity index is 1.45. The topological polar surface area (TPSA) is 104 Å². The Morgan fingerprint density at radius 2 is 1.56 bits per heavy atom. The Kier molecular flexibility index (Phi) is 8.41. The van der Waals surface area contributed by atoms with Crippen molar-refractivity contribution in [1.29, 1.82) is 0 Å². The van der Waals surface area contributed by atoms with Crippen molar-refractivity contribution in [2.24, 2.45) is 5.92 Å². The van der Waals surface area contributed by atoms with Crippen LogP contribution in [0.5, 0.6) is 0 Å². The van der Waals surface area contributed by atoms with Crippen LogP contribution >= 0.6 is 0 Å². The molecule has 1 unspecified atom stereocenters. The summed E-state index contributed by atoms with van der Waals surface area (Å²) in [5, 5.41) is 12.2. The van der Waals surface area contributed by atoms with Crippen LogP contribution in [-0.2, 0) is 32.2 Å². The first-order valence-electron chi connectivity index (χ1n) is 12.3. The van der Waals surface area contributed by atoms with E-state index in [0.717, 1.165) is 27.6 Å². The van der Waals surface area contributed by atoms with E-state index in [1.165, 1.54) is 6.07 Å². The molecule has 1 amide bonds. The highest BCUT2D eigenvalue weighted by molar-refractivity contribution is 7.89. The van der Waals surface area contributed by atoms with Gasteiger partial charge in [-0.15, -0.1) is 0 Å². The number of nitrogens with one attached hydrogen (secondary N) is 1.